The molecule has 148 valence electrons. The van der Waals surface area contributed by atoms with Crippen molar-refractivity contribution in [3.05, 3.63) is 34.3 Å². The molecule has 1 fully saturated rings. The predicted octanol–water partition coefficient (Wildman–Crippen LogP) is 4.52. The maximum Gasteiger partial charge on any atom is 0.129 e. The van der Waals surface area contributed by atoms with E-state index < -0.39 is 0 Å². The second-order valence-electron chi connectivity index (χ2n) is 7.05. The molecule has 0 atom stereocenters. The molecule has 3 rings (SSSR count). The van der Waals surface area contributed by atoms with Crippen LogP contribution in [0, 0.1) is 6.92 Å². The molecule has 2 aromatic heterocycles. The summed E-state index contributed by atoms with van der Waals surface area (Å²) >= 11 is 3.10. The lowest BCUT2D eigenvalue weighted by Crippen LogP contribution is -2.48. The van der Waals surface area contributed by atoms with Gasteiger partial charge < -0.3 is 9.64 Å². The fourth-order valence-corrected chi connectivity index (χ4v) is 4.45. The van der Waals surface area contributed by atoms with Crippen LogP contribution in [0.1, 0.15) is 25.2 Å². The van der Waals surface area contributed by atoms with Crippen molar-refractivity contribution in [2.24, 2.45) is 9.98 Å². The minimum atomic E-state index is -0.156. The third kappa shape index (κ3) is 4.87. The lowest BCUT2D eigenvalue weighted by molar-refractivity contribution is -0.0279. The molecule has 1 aliphatic heterocycles. The molecule has 8 heteroatoms. The minimum Gasteiger partial charge on any atom is -0.372 e. The zero-order chi connectivity index (χ0) is 20.1. The van der Waals surface area contributed by atoms with E-state index >= 15 is 0 Å². The Morgan fingerprint density at radius 1 is 1.39 bits per heavy atom. The van der Waals surface area contributed by atoms with Gasteiger partial charge >= 0.3 is 0 Å². The first kappa shape index (κ1) is 20.7. The number of hydrogen-bond acceptors (Lipinski definition) is 8. The van der Waals surface area contributed by atoms with Crippen molar-refractivity contribution in [3.63, 3.8) is 0 Å². The highest BCUT2D eigenvalue weighted by Gasteiger charge is 2.28. The SMILES string of the molecule is C=NCS/C=C(\N=C)c1csc(-c2ccc(N3CCOC(C)(C)C3)nc2C)n1. The normalized spacial score (nSPS) is 16.8. The van der Waals surface area contributed by atoms with E-state index in [1.54, 1.807) is 11.3 Å². The number of morpholine rings is 1. The van der Waals surface area contributed by atoms with Crippen molar-refractivity contribution >= 4 is 48.0 Å². The Kier molecular flexibility index (Phi) is 6.64. The Hall–Kier alpha value is -2.03. The second kappa shape index (κ2) is 8.98. The average Bonchev–Trinajstić information content (AvgIpc) is 3.14. The van der Waals surface area contributed by atoms with Gasteiger partial charge in [0.25, 0.3) is 0 Å². The van der Waals surface area contributed by atoms with Crippen molar-refractivity contribution < 1.29 is 4.74 Å². The first-order valence-corrected chi connectivity index (χ1v) is 10.9. The zero-order valence-corrected chi connectivity index (χ0v) is 18.1. The van der Waals surface area contributed by atoms with E-state index in [4.69, 9.17) is 14.7 Å². The molecule has 2 aromatic rings. The molecule has 0 spiro atoms. The van der Waals surface area contributed by atoms with E-state index in [-0.39, 0.29) is 5.60 Å². The standard InChI is InChI=1S/C20H25N5OS2/c1-14-15(6-7-18(23-14)25-8-9-26-20(2,3)12-25)19-24-17(11-28-19)16(22-5)10-27-13-21-4/h6-7,10-11H,4-5,8-9,12-13H2,1-3H3/b16-10-. The number of aromatic nitrogens is 2. The molecule has 6 nitrogen and oxygen atoms in total. The van der Waals surface area contributed by atoms with Crippen LogP contribution < -0.4 is 4.90 Å². The quantitative estimate of drug-likeness (QED) is 0.491. The fraction of sp³-hybridized carbons (Fsp3) is 0.400. The largest absolute Gasteiger partial charge is 0.372 e. The Morgan fingerprint density at radius 2 is 2.21 bits per heavy atom. The summed E-state index contributed by atoms with van der Waals surface area (Å²) in [7, 11) is 0. The first-order valence-electron chi connectivity index (χ1n) is 8.97. The van der Waals surface area contributed by atoms with Crippen molar-refractivity contribution in [1.82, 2.24) is 9.97 Å². The summed E-state index contributed by atoms with van der Waals surface area (Å²) < 4.78 is 5.80. The van der Waals surface area contributed by atoms with Crippen LogP contribution >= 0.6 is 23.1 Å². The summed E-state index contributed by atoms with van der Waals surface area (Å²) in [6.45, 7) is 15.8. The molecule has 0 aliphatic carbocycles. The van der Waals surface area contributed by atoms with Gasteiger partial charge in [0.1, 0.15) is 16.5 Å². The van der Waals surface area contributed by atoms with Gasteiger partial charge in [0.2, 0.25) is 0 Å². The number of hydrogen-bond donors (Lipinski definition) is 0. The van der Waals surface area contributed by atoms with Crippen LogP contribution in [-0.4, -0.2) is 54.6 Å². The highest BCUT2D eigenvalue weighted by molar-refractivity contribution is 8.02. The van der Waals surface area contributed by atoms with Gasteiger partial charge in [-0.3, -0.25) is 9.98 Å². The van der Waals surface area contributed by atoms with Crippen molar-refractivity contribution in [1.29, 1.82) is 0 Å². The highest BCUT2D eigenvalue weighted by Crippen LogP contribution is 2.31. The monoisotopic (exact) mass is 415 g/mol. The molecule has 3 heterocycles. The molecule has 0 radical (unpaired) electrons. The predicted molar refractivity (Wildman–Crippen MR) is 122 cm³/mol. The van der Waals surface area contributed by atoms with Crippen molar-refractivity contribution in [2.45, 2.75) is 26.4 Å². The maximum atomic E-state index is 5.80. The van der Waals surface area contributed by atoms with Crippen LogP contribution in [0.2, 0.25) is 0 Å². The number of rotatable bonds is 7. The van der Waals surface area contributed by atoms with Gasteiger partial charge in [0, 0.05) is 35.1 Å². The van der Waals surface area contributed by atoms with Crippen LogP contribution in [-0.2, 0) is 4.74 Å². The van der Waals surface area contributed by atoms with Crippen molar-refractivity contribution in [3.8, 4) is 10.6 Å². The van der Waals surface area contributed by atoms with E-state index in [9.17, 15) is 0 Å². The van der Waals surface area contributed by atoms with E-state index in [1.165, 1.54) is 11.8 Å². The number of aryl methyl sites for hydroxylation is 1. The average molecular weight is 416 g/mol. The number of pyridine rings is 1. The summed E-state index contributed by atoms with van der Waals surface area (Å²) in [6, 6.07) is 4.17. The Morgan fingerprint density at radius 3 is 2.89 bits per heavy atom. The molecule has 0 unspecified atom stereocenters. The van der Waals surface area contributed by atoms with Crippen LogP contribution in [0.25, 0.3) is 16.3 Å². The van der Waals surface area contributed by atoms with E-state index in [2.05, 4.69) is 54.3 Å². The lowest BCUT2D eigenvalue weighted by atomic mass is 10.1. The summed E-state index contributed by atoms with van der Waals surface area (Å²) in [5.74, 6) is 1.56. The van der Waals surface area contributed by atoms with E-state index in [1.807, 2.05) is 17.7 Å². The number of thioether (sulfide) groups is 1. The van der Waals surface area contributed by atoms with Crippen LogP contribution in [0.3, 0.4) is 0 Å². The Labute approximate surface area is 174 Å². The third-order valence-corrected chi connectivity index (χ3v) is 5.95. The first-order chi connectivity index (χ1) is 13.4. The molecule has 1 aliphatic rings. The van der Waals surface area contributed by atoms with Gasteiger partial charge in [0.05, 0.1) is 23.8 Å². The van der Waals surface area contributed by atoms with Gasteiger partial charge in [-0.25, -0.2) is 9.97 Å². The molecule has 28 heavy (non-hydrogen) atoms. The highest BCUT2D eigenvalue weighted by atomic mass is 32.2. The van der Waals surface area contributed by atoms with Crippen LogP contribution in [0.15, 0.2) is 32.9 Å². The zero-order valence-electron chi connectivity index (χ0n) is 16.5. The van der Waals surface area contributed by atoms with Gasteiger partial charge in [-0.2, -0.15) is 0 Å². The molecule has 0 saturated carbocycles. The van der Waals surface area contributed by atoms with Crippen molar-refractivity contribution in [2.75, 3.05) is 30.5 Å². The minimum absolute atomic E-state index is 0.156. The fourth-order valence-electron chi connectivity index (χ4n) is 3.02. The van der Waals surface area contributed by atoms with E-state index in [0.29, 0.717) is 12.5 Å². The van der Waals surface area contributed by atoms with E-state index in [0.717, 1.165) is 46.6 Å². The summed E-state index contributed by atoms with van der Waals surface area (Å²) in [6.07, 6.45) is 0. The lowest BCUT2D eigenvalue weighted by Gasteiger charge is -2.38. The summed E-state index contributed by atoms with van der Waals surface area (Å²) in [4.78, 5) is 19.8. The molecular weight excluding hydrogens is 390 g/mol. The topological polar surface area (TPSA) is 63.0 Å². The van der Waals surface area contributed by atoms with Crippen LogP contribution in [0.4, 0.5) is 5.82 Å². The number of aliphatic imine (C=N–C) groups is 2. The van der Waals surface area contributed by atoms with Gasteiger partial charge in [-0.1, -0.05) is 0 Å². The second-order valence-corrected chi connectivity index (χ2v) is 8.74. The Bertz CT molecular complexity index is 890. The molecule has 0 N–H and O–H groups in total. The maximum absolute atomic E-state index is 5.80. The number of thiazole rings is 1. The molecular formula is C20H25N5OS2. The number of ether oxygens (including phenoxy) is 1. The molecule has 0 bridgehead atoms. The Balaban J connectivity index is 1.81. The third-order valence-electron chi connectivity index (χ3n) is 4.35. The van der Waals surface area contributed by atoms with Gasteiger partial charge in [-0.05, 0) is 46.3 Å². The number of anilines is 1. The van der Waals surface area contributed by atoms with Gasteiger partial charge in [-0.15, -0.1) is 23.1 Å². The summed E-state index contributed by atoms with van der Waals surface area (Å²) in [5.41, 5.74) is 3.40. The molecule has 0 aromatic carbocycles. The smallest absolute Gasteiger partial charge is 0.129 e. The summed E-state index contributed by atoms with van der Waals surface area (Å²) in [5, 5.41) is 4.83. The molecule has 1 saturated heterocycles. The molecule has 0 amide bonds. The number of nitrogens with zero attached hydrogens (tertiary/aromatic N) is 5. The van der Waals surface area contributed by atoms with Gasteiger partial charge in [0.15, 0.2) is 0 Å². The van der Waals surface area contributed by atoms with Crippen LogP contribution in [0.5, 0.6) is 0 Å².